The van der Waals surface area contributed by atoms with Gasteiger partial charge in [-0.15, -0.1) is 0 Å². The van der Waals surface area contributed by atoms with Crippen molar-refractivity contribution >= 4 is 34.7 Å². The Kier molecular flexibility index (Phi) is 5.63. The summed E-state index contributed by atoms with van der Waals surface area (Å²) in [5, 5.41) is 11.3. The molecule has 7 heteroatoms. The van der Waals surface area contributed by atoms with Gasteiger partial charge in [-0.2, -0.15) is 5.10 Å². The van der Waals surface area contributed by atoms with Crippen molar-refractivity contribution in [1.29, 1.82) is 0 Å². The van der Waals surface area contributed by atoms with Gasteiger partial charge in [0.05, 0.1) is 6.54 Å². The molecule has 0 atom stereocenters. The standard InChI is InChI=1S/C18H16ClFN4S/c19-16-12-24(11-14-7-4-8-15(20)9-14)23-17(16)22-18(25)21-10-13-5-2-1-3-6-13/h1-9,12H,10-11H2,(H2,21,22,23,25). The van der Waals surface area contributed by atoms with Crippen molar-refractivity contribution in [3.63, 3.8) is 0 Å². The zero-order chi connectivity index (χ0) is 17.6. The second-order valence-electron chi connectivity index (χ2n) is 5.45. The summed E-state index contributed by atoms with van der Waals surface area (Å²) in [6, 6.07) is 16.3. The molecule has 0 saturated heterocycles. The molecule has 2 N–H and O–H groups in total. The van der Waals surface area contributed by atoms with E-state index in [4.69, 9.17) is 23.8 Å². The van der Waals surface area contributed by atoms with Crippen molar-refractivity contribution in [2.24, 2.45) is 0 Å². The number of hydrogen-bond acceptors (Lipinski definition) is 2. The predicted octanol–water partition coefficient (Wildman–Crippen LogP) is 4.21. The van der Waals surface area contributed by atoms with E-state index in [9.17, 15) is 4.39 Å². The van der Waals surface area contributed by atoms with Crippen molar-refractivity contribution in [2.45, 2.75) is 13.1 Å². The Morgan fingerprint density at radius 3 is 2.64 bits per heavy atom. The topological polar surface area (TPSA) is 41.9 Å². The largest absolute Gasteiger partial charge is 0.358 e. The first-order chi connectivity index (χ1) is 12.1. The minimum Gasteiger partial charge on any atom is -0.358 e. The summed E-state index contributed by atoms with van der Waals surface area (Å²) in [5.41, 5.74) is 1.92. The van der Waals surface area contributed by atoms with Crippen LogP contribution in [-0.4, -0.2) is 14.9 Å². The van der Waals surface area contributed by atoms with Gasteiger partial charge in [-0.05, 0) is 35.5 Å². The van der Waals surface area contributed by atoms with E-state index in [-0.39, 0.29) is 5.82 Å². The molecule has 2 aromatic carbocycles. The highest BCUT2D eigenvalue weighted by Gasteiger charge is 2.09. The second kappa shape index (κ2) is 8.09. The molecule has 1 heterocycles. The fourth-order valence-electron chi connectivity index (χ4n) is 2.32. The Bertz CT molecular complexity index is 867. The molecule has 0 aliphatic carbocycles. The first-order valence-corrected chi connectivity index (χ1v) is 8.45. The highest BCUT2D eigenvalue weighted by atomic mass is 35.5. The average Bonchev–Trinajstić information content (AvgIpc) is 2.93. The molecule has 0 aliphatic heterocycles. The second-order valence-corrected chi connectivity index (χ2v) is 6.26. The van der Waals surface area contributed by atoms with Crippen LogP contribution in [0.25, 0.3) is 0 Å². The van der Waals surface area contributed by atoms with Gasteiger partial charge in [-0.3, -0.25) is 4.68 Å². The fourth-order valence-corrected chi connectivity index (χ4v) is 2.68. The van der Waals surface area contributed by atoms with Crippen LogP contribution in [0.2, 0.25) is 5.02 Å². The maximum Gasteiger partial charge on any atom is 0.173 e. The monoisotopic (exact) mass is 374 g/mol. The molecule has 0 saturated carbocycles. The van der Waals surface area contributed by atoms with Crippen LogP contribution in [0.5, 0.6) is 0 Å². The van der Waals surface area contributed by atoms with Crippen LogP contribution in [0.15, 0.2) is 60.8 Å². The lowest BCUT2D eigenvalue weighted by Gasteiger charge is -2.09. The number of nitrogens with zero attached hydrogens (tertiary/aromatic N) is 2. The third kappa shape index (κ3) is 5.01. The molecule has 3 aromatic rings. The molecular weight excluding hydrogens is 359 g/mol. The number of hydrogen-bond donors (Lipinski definition) is 2. The van der Waals surface area contributed by atoms with Gasteiger partial charge < -0.3 is 10.6 Å². The molecule has 3 rings (SSSR count). The Morgan fingerprint density at radius 2 is 1.88 bits per heavy atom. The van der Waals surface area contributed by atoms with Crippen LogP contribution in [0.4, 0.5) is 10.2 Å². The van der Waals surface area contributed by atoms with E-state index in [1.165, 1.54) is 12.1 Å². The van der Waals surface area contributed by atoms with E-state index in [0.29, 0.717) is 29.0 Å². The molecule has 1 aromatic heterocycles. The first kappa shape index (κ1) is 17.4. The predicted molar refractivity (Wildman–Crippen MR) is 102 cm³/mol. The van der Waals surface area contributed by atoms with Crippen LogP contribution in [0, 0.1) is 5.82 Å². The molecule has 0 aliphatic rings. The lowest BCUT2D eigenvalue weighted by molar-refractivity contribution is 0.619. The van der Waals surface area contributed by atoms with Crippen LogP contribution in [-0.2, 0) is 13.1 Å². The zero-order valence-electron chi connectivity index (χ0n) is 13.2. The van der Waals surface area contributed by atoms with Gasteiger partial charge in [0.1, 0.15) is 10.8 Å². The van der Waals surface area contributed by atoms with Gasteiger partial charge in [-0.25, -0.2) is 4.39 Å². The normalized spacial score (nSPS) is 10.5. The average molecular weight is 375 g/mol. The molecule has 0 bridgehead atoms. The van der Waals surface area contributed by atoms with Crippen molar-refractivity contribution in [1.82, 2.24) is 15.1 Å². The summed E-state index contributed by atoms with van der Waals surface area (Å²) in [6.45, 7) is 1.03. The van der Waals surface area contributed by atoms with Crippen LogP contribution >= 0.6 is 23.8 Å². The van der Waals surface area contributed by atoms with E-state index in [0.717, 1.165) is 11.1 Å². The fraction of sp³-hybridized carbons (Fsp3) is 0.111. The van der Waals surface area contributed by atoms with Crippen LogP contribution < -0.4 is 10.6 Å². The quantitative estimate of drug-likeness (QED) is 0.656. The van der Waals surface area contributed by atoms with Crippen molar-refractivity contribution < 1.29 is 4.39 Å². The molecule has 0 amide bonds. The lowest BCUT2D eigenvalue weighted by atomic mass is 10.2. The minimum absolute atomic E-state index is 0.277. The molecule has 4 nitrogen and oxygen atoms in total. The third-order valence-electron chi connectivity index (χ3n) is 3.48. The Labute approximate surface area is 155 Å². The maximum atomic E-state index is 13.3. The Morgan fingerprint density at radius 1 is 1.12 bits per heavy atom. The molecule has 0 radical (unpaired) electrons. The van der Waals surface area contributed by atoms with E-state index in [2.05, 4.69) is 15.7 Å². The van der Waals surface area contributed by atoms with E-state index < -0.39 is 0 Å². The summed E-state index contributed by atoms with van der Waals surface area (Å²) in [6.07, 6.45) is 1.68. The number of halogens is 2. The summed E-state index contributed by atoms with van der Waals surface area (Å²) in [5.74, 6) is 0.184. The van der Waals surface area contributed by atoms with E-state index in [1.54, 1.807) is 16.9 Å². The van der Waals surface area contributed by atoms with Gasteiger partial charge in [-0.1, -0.05) is 54.1 Å². The minimum atomic E-state index is -0.277. The van der Waals surface area contributed by atoms with Crippen molar-refractivity contribution in [2.75, 3.05) is 5.32 Å². The zero-order valence-corrected chi connectivity index (χ0v) is 14.8. The van der Waals surface area contributed by atoms with E-state index >= 15 is 0 Å². The highest BCUT2D eigenvalue weighted by molar-refractivity contribution is 7.80. The Hall–Kier alpha value is -2.44. The molecule has 0 fully saturated rings. The number of aromatic nitrogens is 2. The Balaban J connectivity index is 1.59. The summed E-state index contributed by atoms with van der Waals surface area (Å²) >= 11 is 11.5. The third-order valence-corrected chi connectivity index (χ3v) is 4.00. The van der Waals surface area contributed by atoms with E-state index in [1.807, 2.05) is 36.4 Å². The number of rotatable bonds is 5. The van der Waals surface area contributed by atoms with Gasteiger partial charge in [0.25, 0.3) is 0 Å². The van der Waals surface area contributed by atoms with Crippen LogP contribution in [0.1, 0.15) is 11.1 Å². The number of anilines is 1. The molecule has 0 spiro atoms. The molecule has 128 valence electrons. The maximum absolute atomic E-state index is 13.3. The molecule has 0 unspecified atom stereocenters. The van der Waals surface area contributed by atoms with Crippen molar-refractivity contribution in [3.05, 3.63) is 82.8 Å². The SMILES string of the molecule is Fc1cccc(Cn2cc(Cl)c(NC(=S)NCc3ccccc3)n2)c1. The number of benzene rings is 2. The smallest absolute Gasteiger partial charge is 0.173 e. The lowest BCUT2D eigenvalue weighted by Crippen LogP contribution is -2.28. The summed E-state index contributed by atoms with van der Waals surface area (Å²) in [4.78, 5) is 0. The van der Waals surface area contributed by atoms with Crippen molar-refractivity contribution in [3.8, 4) is 0 Å². The number of nitrogens with one attached hydrogen (secondary N) is 2. The highest BCUT2D eigenvalue weighted by Crippen LogP contribution is 2.20. The van der Waals surface area contributed by atoms with Gasteiger partial charge in [0, 0.05) is 12.7 Å². The number of thiocarbonyl (C=S) groups is 1. The molecule has 25 heavy (non-hydrogen) atoms. The molecular formula is C18H16ClFN4S. The summed E-state index contributed by atoms with van der Waals surface area (Å²) in [7, 11) is 0. The van der Waals surface area contributed by atoms with Crippen LogP contribution in [0.3, 0.4) is 0 Å². The van der Waals surface area contributed by atoms with Gasteiger partial charge in [0.15, 0.2) is 10.9 Å². The first-order valence-electron chi connectivity index (χ1n) is 7.66. The van der Waals surface area contributed by atoms with Gasteiger partial charge >= 0.3 is 0 Å². The van der Waals surface area contributed by atoms with Gasteiger partial charge in [0.2, 0.25) is 0 Å². The summed E-state index contributed by atoms with van der Waals surface area (Å²) < 4.78 is 14.9.